The molecule has 1 aliphatic heterocycles. The number of benzene rings is 1. The van der Waals surface area contributed by atoms with Gasteiger partial charge in [0.15, 0.2) is 5.78 Å². The molecule has 124 valence electrons. The smallest absolute Gasteiger partial charge is 0.172 e. The Bertz CT molecular complexity index is 956. The Hall–Kier alpha value is -3.08. The summed E-state index contributed by atoms with van der Waals surface area (Å²) in [4.78, 5) is 21.5. The van der Waals surface area contributed by atoms with Crippen molar-refractivity contribution in [1.82, 2.24) is 9.97 Å². The summed E-state index contributed by atoms with van der Waals surface area (Å²) in [6, 6.07) is 10.1. The summed E-state index contributed by atoms with van der Waals surface area (Å²) in [7, 11) is 0. The lowest BCUT2D eigenvalue weighted by atomic mass is 9.90. The zero-order chi connectivity index (χ0) is 17.4. The van der Waals surface area contributed by atoms with Crippen molar-refractivity contribution < 1.29 is 9.18 Å². The first-order chi connectivity index (χ1) is 12.1. The molecule has 1 atom stereocenters. The Morgan fingerprint density at radius 3 is 2.88 bits per heavy atom. The SMILES string of the molecule is Cc1ccc(F)cc1C(=O)C1CNc2ncc(-c3cccnc3)cc21. The van der Waals surface area contributed by atoms with Gasteiger partial charge in [0.1, 0.15) is 11.6 Å². The predicted molar refractivity (Wildman–Crippen MR) is 94.2 cm³/mol. The topological polar surface area (TPSA) is 54.9 Å². The molecule has 1 unspecified atom stereocenters. The van der Waals surface area contributed by atoms with Gasteiger partial charge >= 0.3 is 0 Å². The van der Waals surface area contributed by atoms with Crippen LogP contribution < -0.4 is 5.32 Å². The molecule has 2 aromatic heterocycles. The summed E-state index contributed by atoms with van der Waals surface area (Å²) in [6.07, 6.45) is 5.24. The van der Waals surface area contributed by atoms with Gasteiger partial charge in [-0.3, -0.25) is 9.78 Å². The Labute approximate surface area is 144 Å². The van der Waals surface area contributed by atoms with Gasteiger partial charge in [0, 0.05) is 47.4 Å². The standard InChI is InChI=1S/C20H16FN3O/c1-12-4-5-15(21)8-16(12)19(25)18-11-24-20-17(18)7-14(10-23-20)13-3-2-6-22-9-13/h2-10,18H,11H2,1H3,(H,23,24). The number of hydrogen-bond donors (Lipinski definition) is 1. The molecule has 0 amide bonds. The maximum Gasteiger partial charge on any atom is 0.172 e. The van der Waals surface area contributed by atoms with Crippen molar-refractivity contribution in [2.75, 3.05) is 11.9 Å². The number of ketones is 1. The normalized spacial score (nSPS) is 15.5. The van der Waals surface area contributed by atoms with Gasteiger partial charge in [-0.25, -0.2) is 9.37 Å². The minimum atomic E-state index is -0.401. The van der Waals surface area contributed by atoms with Gasteiger partial charge in [0.2, 0.25) is 0 Å². The van der Waals surface area contributed by atoms with Crippen molar-refractivity contribution in [1.29, 1.82) is 0 Å². The van der Waals surface area contributed by atoms with E-state index < -0.39 is 5.82 Å². The Morgan fingerprint density at radius 2 is 2.08 bits per heavy atom. The fourth-order valence-electron chi connectivity index (χ4n) is 3.18. The van der Waals surface area contributed by atoms with Crippen molar-refractivity contribution in [3.8, 4) is 11.1 Å². The van der Waals surface area contributed by atoms with Gasteiger partial charge < -0.3 is 5.32 Å². The second-order valence-electron chi connectivity index (χ2n) is 6.16. The van der Waals surface area contributed by atoms with Crippen molar-refractivity contribution in [2.45, 2.75) is 12.8 Å². The molecule has 0 aliphatic carbocycles. The largest absolute Gasteiger partial charge is 0.369 e. The number of carbonyl (C=O) groups is 1. The number of rotatable bonds is 3. The fourth-order valence-corrected chi connectivity index (χ4v) is 3.18. The maximum absolute atomic E-state index is 13.6. The number of nitrogens with one attached hydrogen (secondary N) is 1. The Kier molecular flexibility index (Phi) is 3.76. The second kappa shape index (κ2) is 6.09. The molecule has 0 radical (unpaired) electrons. The number of anilines is 1. The van der Waals surface area contributed by atoms with Crippen LogP contribution in [-0.4, -0.2) is 22.3 Å². The molecule has 5 heteroatoms. The molecule has 1 aromatic carbocycles. The third-order valence-corrected chi connectivity index (χ3v) is 4.54. The van der Waals surface area contributed by atoms with E-state index >= 15 is 0 Å². The number of nitrogens with zero attached hydrogens (tertiary/aromatic N) is 2. The average molecular weight is 333 g/mol. The fraction of sp³-hybridized carbons (Fsp3) is 0.150. The number of pyridine rings is 2. The molecular weight excluding hydrogens is 317 g/mol. The summed E-state index contributed by atoms with van der Waals surface area (Å²) in [6.45, 7) is 2.29. The van der Waals surface area contributed by atoms with Crippen LogP contribution in [0, 0.1) is 12.7 Å². The lowest BCUT2D eigenvalue weighted by Crippen LogP contribution is -2.16. The monoisotopic (exact) mass is 333 g/mol. The van der Waals surface area contributed by atoms with E-state index in [0.29, 0.717) is 17.9 Å². The van der Waals surface area contributed by atoms with Crippen LogP contribution in [0.25, 0.3) is 11.1 Å². The van der Waals surface area contributed by atoms with Gasteiger partial charge in [-0.15, -0.1) is 0 Å². The highest BCUT2D eigenvalue weighted by atomic mass is 19.1. The highest BCUT2D eigenvalue weighted by molar-refractivity contribution is 6.04. The molecule has 4 nitrogen and oxygen atoms in total. The summed E-state index contributed by atoms with van der Waals surface area (Å²) >= 11 is 0. The van der Waals surface area contributed by atoms with Crippen LogP contribution in [0.15, 0.2) is 55.0 Å². The number of Topliss-reactive ketones (excluding diaryl/α,β-unsaturated/α-hetero) is 1. The van der Waals surface area contributed by atoms with Crippen LogP contribution in [0.5, 0.6) is 0 Å². The van der Waals surface area contributed by atoms with E-state index in [1.54, 1.807) is 24.7 Å². The van der Waals surface area contributed by atoms with E-state index in [2.05, 4.69) is 15.3 Å². The zero-order valence-electron chi connectivity index (χ0n) is 13.7. The van der Waals surface area contributed by atoms with Crippen molar-refractivity contribution in [3.63, 3.8) is 0 Å². The van der Waals surface area contributed by atoms with E-state index in [9.17, 15) is 9.18 Å². The minimum Gasteiger partial charge on any atom is -0.369 e. The molecular formula is C20H16FN3O. The van der Waals surface area contributed by atoms with Crippen LogP contribution in [0.3, 0.4) is 0 Å². The van der Waals surface area contributed by atoms with E-state index in [1.807, 2.05) is 25.1 Å². The van der Waals surface area contributed by atoms with Crippen molar-refractivity contribution in [3.05, 3.63) is 77.5 Å². The Balaban J connectivity index is 1.74. The first-order valence-corrected chi connectivity index (χ1v) is 8.08. The van der Waals surface area contributed by atoms with E-state index in [1.165, 1.54) is 12.1 Å². The number of carbonyl (C=O) groups excluding carboxylic acids is 1. The number of aromatic nitrogens is 2. The van der Waals surface area contributed by atoms with Crippen LogP contribution in [-0.2, 0) is 0 Å². The van der Waals surface area contributed by atoms with Gasteiger partial charge in [0.05, 0.1) is 5.92 Å². The number of fused-ring (bicyclic) bond motifs is 1. The molecule has 3 heterocycles. The van der Waals surface area contributed by atoms with Gasteiger partial charge in [0.25, 0.3) is 0 Å². The van der Waals surface area contributed by atoms with E-state index in [0.717, 1.165) is 22.3 Å². The molecule has 4 rings (SSSR count). The quantitative estimate of drug-likeness (QED) is 0.737. The van der Waals surface area contributed by atoms with Crippen LogP contribution >= 0.6 is 0 Å². The molecule has 0 bridgehead atoms. The highest BCUT2D eigenvalue weighted by Crippen LogP contribution is 2.35. The molecule has 1 N–H and O–H groups in total. The lowest BCUT2D eigenvalue weighted by molar-refractivity contribution is 0.0965. The molecule has 0 saturated carbocycles. The van der Waals surface area contributed by atoms with Gasteiger partial charge in [-0.05, 0) is 36.8 Å². The zero-order valence-corrected chi connectivity index (χ0v) is 13.7. The Morgan fingerprint density at radius 1 is 1.20 bits per heavy atom. The molecule has 0 fully saturated rings. The number of halogens is 1. The second-order valence-corrected chi connectivity index (χ2v) is 6.16. The first kappa shape index (κ1) is 15.4. The molecule has 1 aliphatic rings. The average Bonchev–Trinajstić information content (AvgIpc) is 3.07. The van der Waals surface area contributed by atoms with Crippen LogP contribution in [0.1, 0.15) is 27.4 Å². The van der Waals surface area contributed by atoms with Crippen LogP contribution in [0.4, 0.5) is 10.2 Å². The number of aryl methyl sites for hydroxylation is 1. The molecule has 0 saturated heterocycles. The maximum atomic E-state index is 13.6. The molecule has 25 heavy (non-hydrogen) atoms. The summed E-state index contributed by atoms with van der Waals surface area (Å²) in [5, 5.41) is 3.17. The third kappa shape index (κ3) is 2.78. The van der Waals surface area contributed by atoms with Crippen LogP contribution in [0.2, 0.25) is 0 Å². The van der Waals surface area contributed by atoms with E-state index in [4.69, 9.17) is 0 Å². The van der Waals surface area contributed by atoms with Crippen molar-refractivity contribution >= 4 is 11.6 Å². The predicted octanol–water partition coefficient (Wildman–Crippen LogP) is 3.98. The summed E-state index contributed by atoms with van der Waals surface area (Å²) in [5.41, 5.74) is 3.89. The summed E-state index contributed by atoms with van der Waals surface area (Å²) < 4.78 is 13.6. The van der Waals surface area contributed by atoms with E-state index in [-0.39, 0.29) is 11.7 Å². The summed E-state index contributed by atoms with van der Waals surface area (Å²) in [5.74, 6) is -0.157. The minimum absolute atomic E-state index is 0.0895. The molecule has 0 spiro atoms. The van der Waals surface area contributed by atoms with Gasteiger partial charge in [-0.2, -0.15) is 0 Å². The number of hydrogen-bond acceptors (Lipinski definition) is 4. The first-order valence-electron chi connectivity index (χ1n) is 8.08. The highest BCUT2D eigenvalue weighted by Gasteiger charge is 2.31. The third-order valence-electron chi connectivity index (χ3n) is 4.54. The lowest BCUT2D eigenvalue weighted by Gasteiger charge is -2.12. The van der Waals surface area contributed by atoms with Gasteiger partial charge in [-0.1, -0.05) is 12.1 Å². The van der Waals surface area contributed by atoms with Crippen molar-refractivity contribution in [2.24, 2.45) is 0 Å². The molecule has 3 aromatic rings.